The van der Waals surface area contributed by atoms with Crippen molar-refractivity contribution in [2.24, 2.45) is 0 Å². The Hall–Kier alpha value is -2.64. The number of carbonyl (C=O) groups excluding carboxylic acids is 1. The molecule has 0 radical (unpaired) electrons. The molecule has 2 amide bonds. The predicted molar refractivity (Wildman–Crippen MR) is 90.5 cm³/mol. The van der Waals surface area contributed by atoms with E-state index in [1.165, 1.54) is 17.2 Å². The van der Waals surface area contributed by atoms with Crippen LogP contribution in [0.15, 0.2) is 16.9 Å². The minimum atomic E-state index is -0.266. The minimum absolute atomic E-state index is 0.216. The van der Waals surface area contributed by atoms with Crippen molar-refractivity contribution in [2.75, 3.05) is 5.32 Å². The molecule has 1 aliphatic rings. The first-order valence-corrected chi connectivity index (χ1v) is 8.24. The van der Waals surface area contributed by atoms with Crippen LogP contribution in [-0.2, 0) is 0 Å². The molecule has 2 aromatic rings. The summed E-state index contributed by atoms with van der Waals surface area (Å²) in [5.41, 5.74) is 1.04. The molecule has 0 spiro atoms. The Morgan fingerprint density at radius 2 is 1.96 bits per heavy atom. The number of anilines is 1. The van der Waals surface area contributed by atoms with Gasteiger partial charge in [-0.2, -0.15) is 9.78 Å². The van der Waals surface area contributed by atoms with E-state index >= 15 is 0 Å². The fourth-order valence-electron chi connectivity index (χ4n) is 3.00. The number of hydrogen-bond acceptors (Lipinski definition) is 4. The molecule has 1 fully saturated rings. The Balaban J connectivity index is 1.78. The van der Waals surface area contributed by atoms with Gasteiger partial charge in [-0.1, -0.05) is 19.3 Å². The fraction of sp³-hybridized carbons (Fsp3) is 0.500. The highest BCUT2D eigenvalue weighted by Crippen LogP contribution is 2.18. The zero-order valence-corrected chi connectivity index (χ0v) is 13.9. The van der Waals surface area contributed by atoms with Crippen molar-refractivity contribution in [3.63, 3.8) is 0 Å². The highest BCUT2D eigenvalue weighted by Gasteiger charge is 2.18. The van der Waals surface area contributed by atoms with Crippen LogP contribution in [0.1, 0.15) is 43.5 Å². The molecule has 1 aliphatic carbocycles. The molecule has 8 nitrogen and oxygen atoms in total. The van der Waals surface area contributed by atoms with E-state index in [-0.39, 0.29) is 23.6 Å². The smallest absolute Gasteiger partial charge is 0.320 e. The molecule has 8 heteroatoms. The number of nitrogens with one attached hydrogen (secondary N) is 3. The fourth-order valence-corrected chi connectivity index (χ4v) is 3.00. The summed E-state index contributed by atoms with van der Waals surface area (Å²) in [5, 5.41) is 10.1. The second kappa shape index (κ2) is 6.86. The van der Waals surface area contributed by atoms with Gasteiger partial charge in [-0.3, -0.25) is 15.1 Å². The lowest BCUT2D eigenvalue weighted by atomic mass is 9.96. The first-order valence-electron chi connectivity index (χ1n) is 8.24. The van der Waals surface area contributed by atoms with Crippen LogP contribution < -0.4 is 16.2 Å². The van der Waals surface area contributed by atoms with Crippen molar-refractivity contribution in [3.05, 3.63) is 33.9 Å². The van der Waals surface area contributed by atoms with Crippen LogP contribution in [0.3, 0.4) is 0 Å². The lowest BCUT2D eigenvalue weighted by Crippen LogP contribution is -2.39. The van der Waals surface area contributed by atoms with Crippen molar-refractivity contribution >= 4 is 11.8 Å². The van der Waals surface area contributed by atoms with Gasteiger partial charge < -0.3 is 5.32 Å². The number of hydrogen-bond donors (Lipinski definition) is 3. The Kier molecular flexibility index (Phi) is 4.64. The zero-order chi connectivity index (χ0) is 17.1. The lowest BCUT2D eigenvalue weighted by molar-refractivity contribution is 0.244. The molecule has 3 rings (SSSR count). The number of H-pyrrole nitrogens is 1. The Morgan fingerprint density at radius 1 is 1.21 bits per heavy atom. The number of amides is 2. The van der Waals surface area contributed by atoms with E-state index in [2.05, 4.69) is 25.7 Å². The number of urea groups is 1. The van der Waals surface area contributed by atoms with Crippen molar-refractivity contribution in [2.45, 2.75) is 52.0 Å². The number of rotatable bonds is 3. The van der Waals surface area contributed by atoms with Gasteiger partial charge in [0.2, 0.25) is 5.95 Å². The number of aryl methyl sites for hydroxylation is 2. The van der Waals surface area contributed by atoms with Gasteiger partial charge in [-0.05, 0) is 26.7 Å². The summed E-state index contributed by atoms with van der Waals surface area (Å²) in [7, 11) is 0. The molecule has 128 valence electrons. The van der Waals surface area contributed by atoms with Gasteiger partial charge in [0.05, 0.1) is 5.69 Å². The molecule has 2 heterocycles. The van der Waals surface area contributed by atoms with Gasteiger partial charge in [0.1, 0.15) is 5.82 Å². The summed E-state index contributed by atoms with van der Waals surface area (Å²) < 4.78 is 1.43. The van der Waals surface area contributed by atoms with Crippen LogP contribution in [0.5, 0.6) is 0 Å². The van der Waals surface area contributed by atoms with Gasteiger partial charge >= 0.3 is 6.03 Å². The number of aromatic nitrogens is 4. The second-order valence-electron chi connectivity index (χ2n) is 6.23. The van der Waals surface area contributed by atoms with E-state index in [0.29, 0.717) is 17.2 Å². The molecule has 3 N–H and O–H groups in total. The highest BCUT2D eigenvalue weighted by atomic mass is 16.2. The lowest BCUT2D eigenvalue weighted by Gasteiger charge is -2.22. The molecule has 0 bridgehead atoms. The molecule has 0 atom stereocenters. The van der Waals surface area contributed by atoms with Gasteiger partial charge in [0.15, 0.2) is 0 Å². The molecule has 24 heavy (non-hydrogen) atoms. The third kappa shape index (κ3) is 3.81. The average Bonchev–Trinajstić information content (AvgIpc) is 2.87. The maximum Gasteiger partial charge on any atom is 0.320 e. The maximum atomic E-state index is 12.3. The van der Waals surface area contributed by atoms with E-state index < -0.39 is 0 Å². The van der Waals surface area contributed by atoms with Crippen LogP contribution in [0.4, 0.5) is 10.6 Å². The molecular formula is C16H22N6O2. The number of carbonyl (C=O) groups is 1. The third-order valence-electron chi connectivity index (χ3n) is 4.07. The average molecular weight is 330 g/mol. The number of nitrogens with zero attached hydrogens (tertiary/aromatic N) is 3. The topological polar surface area (TPSA) is 105 Å². The Morgan fingerprint density at radius 3 is 2.67 bits per heavy atom. The monoisotopic (exact) mass is 330 g/mol. The minimum Gasteiger partial charge on any atom is -0.335 e. The predicted octanol–water partition coefficient (Wildman–Crippen LogP) is 2.03. The maximum absolute atomic E-state index is 12.3. The van der Waals surface area contributed by atoms with E-state index in [4.69, 9.17) is 0 Å². The third-order valence-corrected chi connectivity index (χ3v) is 4.07. The van der Waals surface area contributed by atoms with E-state index in [1.807, 2.05) is 6.92 Å². The largest absolute Gasteiger partial charge is 0.335 e. The van der Waals surface area contributed by atoms with Crippen LogP contribution in [-0.4, -0.2) is 31.8 Å². The normalized spacial score (nSPS) is 15.2. The van der Waals surface area contributed by atoms with E-state index in [0.717, 1.165) is 25.7 Å². The molecule has 0 saturated heterocycles. The summed E-state index contributed by atoms with van der Waals surface area (Å²) >= 11 is 0. The van der Waals surface area contributed by atoms with Gasteiger partial charge in [-0.15, -0.1) is 0 Å². The molecule has 2 aromatic heterocycles. The van der Waals surface area contributed by atoms with Crippen LogP contribution >= 0.6 is 0 Å². The van der Waals surface area contributed by atoms with Crippen LogP contribution in [0.25, 0.3) is 5.95 Å². The second-order valence-corrected chi connectivity index (χ2v) is 6.23. The first kappa shape index (κ1) is 16.2. The molecule has 1 saturated carbocycles. The van der Waals surface area contributed by atoms with Gasteiger partial charge in [-0.25, -0.2) is 9.78 Å². The summed E-state index contributed by atoms with van der Waals surface area (Å²) in [5.74, 6) is 0.746. The van der Waals surface area contributed by atoms with Crippen molar-refractivity contribution < 1.29 is 4.79 Å². The van der Waals surface area contributed by atoms with Crippen molar-refractivity contribution in [3.8, 4) is 5.95 Å². The van der Waals surface area contributed by atoms with Crippen LogP contribution in [0, 0.1) is 13.8 Å². The van der Waals surface area contributed by atoms with E-state index in [9.17, 15) is 9.59 Å². The van der Waals surface area contributed by atoms with Crippen LogP contribution in [0.2, 0.25) is 0 Å². The quantitative estimate of drug-likeness (QED) is 0.800. The molecule has 0 aromatic carbocycles. The molecular weight excluding hydrogens is 308 g/mol. The summed E-state index contributed by atoms with van der Waals surface area (Å²) in [6.07, 6.45) is 5.56. The summed E-state index contributed by atoms with van der Waals surface area (Å²) in [6.45, 7) is 3.55. The van der Waals surface area contributed by atoms with Gasteiger partial charge in [0, 0.05) is 23.9 Å². The van der Waals surface area contributed by atoms with Crippen molar-refractivity contribution in [1.29, 1.82) is 0 Å². The highest BCUT2D eigenvalue weighted by molar-refractivity contribution is 5.88. The zero-order valence-electron chi connectivity index (χ0n) is 13.9. The van der Waals surface area contributed by atoms with E-state index in [1.54, 1.807) is 13.0 Å². The summed E-state index contributed by atoms with van der Waals surface area (Å²) in [4.78, 5) is 30.8. The summed E-state index contributed by atoms with van der Waals surface area (Å²) in [6, 6.07) is 3.09. The van der Waals surface area contributed by atoms with Gasteiger partial charge in [0.25, 0.3) is 5.56 Å². The SMILES string of the molecule is Cc1cc(=O)[nH]c(-n2nc(C)cc2NC(=O)NC2CCCCC2)n1. The molecule has 0 aliphatic heterocycles. The Labute approximate surface area is 139 Å². The molecule has 0 unspecified atom stereocenters. The Bertz CT molecular complexity index is 788. The first-order chi connectivity index (χ1) is 11.5. The standard InChI is InChI=1S/C16H22N6O2/c1-10-9-14(23)20-15(17-10)22-13(8-11(2)21-22)19-16(24)18-12-6-4-3-5-7-12/h8-9,12H,3-7H2,1-2H3,(H,17,20,23)(H2,18,19,24). The number of aromatic amines is 1. The van der Waals surface area contributed by atoms with Crippen molar-refractivity contribution in [1.82, 2.24) is 25.1 Å².